The SMILES string of the molecule is CC(CNC(=O)c1cccc(N)c1)C(=O)O. The molecule has 1 rings (SSSR count). The van der Waals surface area contributed by atoms with Crippen molar-refractivity contribution >= 4 is 17.6 Å². The zero-order valence-corrected chi connectivity index (χ0v) is 8.93. The minimum atomic E-state index is -0.937. The zero-order valence-electron chi connectivity index (χ0n) is 8.93. The molecule has 0 aliphatic rings. The Morgan fingerprint density at radius 3 is 2.75 bits per heavy atom. The highest BCUT2D eigenvalue weighted by Gasteiger charge is 2.12. The van der Waals surface area contributed by atoms with Gasteiger partial charge in [0.15, 0.2) is 0 Å². The van der Waals surface area contributed by atoms with Crippen LogP contribution in [-0.2, 0) is 4.79 Å². The second-order valence-corrected chi connectivity index (χ2v) is 3.57. The van der Waals surface area contributed by atoms with Crippen LogP contribution in [0.3, 0.4) is 0 Å². The van der Waals surface area contributed by atoms with Crippen LogP contribution in [0, 0.1) is 5.92 Å². The molecule has 1 unspecified atom stereocenters. The van der Waals surface area contributed by atoms with Gasteiger partial charge < -0.3 is 16.2 Å². The number of carbonyl (C=O) groups is 2. The summed E-state index contributed by atoms with van der Waals surface area (Å²) in [5, 5.41) is 11.2. The van der Waals surface area contributed by atoms with E-state index in [-0.39, 0.29) is 12.5 Å². The van der Waals surface area contributed by atoms with Crippen LogP contribution in [-0.4, -0.2) is 23.5 Å². The van der Waals surface area contributed by atoms with Gasteiger partial charge in [0.25, 0.3) is 5.91 Å². The number of carboxylic acid groups (broad SMARTS) is 1. The number of rotatable bonds is 4. The molecule has 5 nitrogen and oxygen atoms in total. The van der Waals surface area contributed by atoms with E-state index in [4.69, 9.17) is 10.8 Å². The van der Waals surface area contributed by atoms with Gasteiger partial charge in [0.1, 0.15) is 0 Å². The van der Waals surface area contributed by atoms with E-state index in [1.54, 1.807) is 24.3 Å². The fraction of sp³-hybridized carbons (Fsp3) is 0.273. The predicted octanol–water partition coefficient (Wildman–Crippen LogP) is 0.719. The lowest BCUT2D eigenvalue weighted by atomic mass is 10.1. The molecule has 0 bridgehead atoms. The molecule has 4 N–H and O–H groups in total. The average molecular weight is 222 g/mol. The molecule has 0 aliphatic carbocycles. The highest BCUT2D eigenvalue weighted by Crippen LogP contribution is 2.06. The van der Waals surface area contributed by atoms with E-state index in [9.17, 15) is 9.59 Å². The van der Waals surface area contributed by atoms with Crippen LogP contribution >= 0.6 is 0 Å². The van der Waals surface area contributed by atoms with Gasteiger partial charge >= 0.3 is 5.97 Å². The summed E-state index contributed by atoms with van der Waals surface area (Å²) < 4.78 is 0. The number of nitrogens with one attached hydrogen (secondary N) is 1. The molecule has 0 aromatic heterocycles. The van der Waals surface area contributed by atoms with Gasteiger partial charge in [-0.25, -0.2) is 0 Å². The summed E-state index contributed by atoms with van der Waals surface area (Å²) in [6.07, 6.45) is 0. The van der Waals surface area contributed by atoms with E-state index in [2.05, 4.69) is 5.32 Å². The molecule has 0 spiro atoms. The Bertz CT molecular complexity index is 404. The number of amides is 1. The molecule has 16 heavy (non-hydrogen) atoms. The first kappa shape index (κ1) is 12.0. The molecule has 86 valence electrons. The van der Waals surface area contributed by atoms with Crippen molar-refractivity contribution in [3.05, 3.63) is 29.8 Å². The van der Waals surface area contributed by atoms with Crippen molar-refractivity contribution in [3.8, 4) is 0 Å². The summed E-state index contributed by atoms with van der Waals surface area (Å²) in [5.41, 5.74) is 6.45. The Labute approximate surface area is 93.3 Å². The molecule has 0 aliphatic heterocycles. The fourth-order valence-corrected chi connectivity index (χ4v) is 1.12. The van der Waals surface area contributed by atoms with Crippen LogP contribution in [0.15, 0.2) is 24.3 Å². The van der Waals surface area contributed by atoms with E-state index < -0.39 is 11.9 Å². The Morgan fingerprint density at radius 1 is 1.50 bits per heavy atom. The summed E-state index contributed by atoms with van der Waals surface area (Å²) >= 11 is 0. The molecule has 0 saturated carbocycles. The topological polar surface area (TPSA) is 92.4 Å². The van der Waals surface area contributed by atoms with E-state index in [1.165, 1.54) is 6.92 Å². The van der Waals surface area contributed by atoms with Gasteiger partial charge in [-0.15, -0.1) is 0 Å². The molecular weight excluding hydrogens is 208 g/mol. The van der Waals surface area contributed by atoms with Gasteiger partial charge in [-0.1, -0.05) is 13.0 Å². The first-order chi connectivity index (χ1) is 7.50. The largest absolute Gasteiger partial charge is 0.481 e. The van der Waals surface area contributed by atoms with Gasteiger partial charge in [0.2, 0.25) is 0 Å². The van der Waals surface area contributed by atoms with Gasteiger partial charge in [-0.2, -0.15) is 0 Å². The lowest BCUT2D eigenvalue weighted by molar-refractivity contribution is -0.140. The maximum atomic E-state index is 11.6. The highest BCUT2D eigenvalue weighted by atomic mass is 16.4. The molecule has 1 aromatic carbocycles. The number of anilines is 1. The van der Waals surface area contributed by atoms with Crippen molar-refractivity contribution in [2.45, 2.75) is 6.92 Å². The third-order valence-corrected chi connectivity index (χ3v) is 2.14. The molecule has 5 heteroatoms. The molecule has 0 saturated heterocycles. The second-order valence-electron chi connectivity index (χ2n) is 3.57. The second kappa shape index (κ2) is 5.16. The predicted molar refractivity (Wildman–Crippen MR) is 60.0 cm³/mol. The molecular formula is C11H14N2O3. The quantitative estimate of drug-likeness (QED) is 0.654. The van der Waals surface area contributed by atoms with Gasteiger partial charge in [-0.05, 0) is 18.2 Å². The maximum Gasteiger partial charge on any atom is 0.308 e. The number of carboxylic acids is 1. The monoisotopic (exact) mass is 222 g/mol. The van der Waals surface area contributed by atoms with Gasteiger partial charge in [-0.3, -0.25) is 9.59 Å². The van der Waals surface area contributed by atoms with E-state index in [1.807, 2.05) is 0 Å². The summed E-state index contributed by atoms with van der Waals surface area (Å²) in [5.74, 6) is -1.86. The third kappa shape index (κ3) is 3.27. The summed E-state index contributed by atoms with van der Waals surface area (Å²) in [7, 11) is 0. The number of nitrogens with two attached hydrogens (primary N) is 1. The van der Waals surface area contributed by atoms with E-state index in [0.717, 1.165) is 0 Å². The van der Waals surface area contributed by atoms with Crippen LogP contribution in [0.25, 0.3) is 0 Å². The van der Waals surface area contributed by atoms with Crippen molar-refractivity contribution in [1.82, 2.24) is 5.32 Å². The van der Waals surface area contributed by atoms with Crippen LogP contribution < -0.4 is 11.1 Å². The number of benzene rings is 1. The molecule has 0 heterocycles. The average Bonchev–Trinajstić information content (AvgIpc) is 2.25. The number of hydrogen-bond donors (Lipinski definition) is 3. The van der Waals surface area contributed by atoms with Crippen LogP contribution in [0.5, 0.6) is 0 Å². The van der Waals surface area contributed by atoms with Crippen LogP contribution in [0.4, 0.5) is 5.69 Å². The van der Waals surface area contributed by atoms with Crippen LogP contribution in [0.1, 0.15) is 17.3 Å². The number of aliphatic carboxylic acids is 1. The fourth-order valence-electron chi connectivity index (χ4n) is 1.12. The first-order valence-electron chi connectivity index (χ1n) is 4.87. The Kier molecular flexibility index (Phi) is 3.88. The first-order valence-corrected chi connectivity index (χ1v) is 4.87. The van der Waals surface area contributed by atoms with Crippen molar-refractivity contribution in [2.24, 2.45) is 5.92 Å². The molecule has 1 atom stereocenters. The number of carbonyl (C=O) groups excluding carboxylic acids is 1. The smallest absolute Gasteiger partial charge is 0.308 e. The Balaban J connectivity index is 2.56. The highest BCUT2D eigenvalue weighted by molar-refractivity contribution is 5.95. The van der Waals surface area contributed by atoms with Crippen molar-refractivity contribution in [3.63, 3.8) is 0 Å². The van der Waals surface area contributed by atoms with E-state index in [0.29, 0.717) is 11.3 Å². The number of nitrogen functional groups attached to an aromatic ring is 1. The lowest BCUT2D eigenvalue weighted by Crippen LogP contribution is -2.31. The minimum absolute atomic E-state index is 0.100. The Morgan fingerprint density at radius 2 is 2.19 bits per heavy atom. The van der Waals surface area contributed by atoms with Gasteiger partial charge in [0, 0.05) is 17.8 Å². The molecule has 0 radical (unpaired) electrons. The summed E-state index contributed by atoms with van der Waals surface area (Å²) in [4.78, 5) is 22.1. The Hall–Kier alpha value is -2.04. The van der Waals surface area contributed by atoms with Crippen molar-refractivity contribution < 1.29 is 14.7 Å². The van der Waals surface area contributed by atoms with Gasteiger partial charge in [0.05, 0.1) is 5.92 Å². The summed E-state index contributed by atoms with van der Waals surface area (Å²) in [6.45, 7) is 1.63. The van der Waals surface area contributed by atoms with Crippen molar-refractivity contribution in [1.29, 1.82) is 0 Å². The molecule has 1 aromatic rings. The maximum absolute atomic E-state index is 11.6. The minimum Gasteiger partial charge on any atom is -0.481 e. The van der Waals surface area contributed by atoms with Crippen molar-refractivity contribution in [2.75, 3.05) is 12.3 Å². The lowest BCUT2D eigenvalue weighted by Gasteiger charge is -2.08. The molecule has 1 amide bonds. The standard InChI is InChI=1S/C11H14N2O3/c1-7(11(15)16)6-13-10(14)8-3-2-4-9(12)5-8/h2-5,7H,6,12H2,1H3,(H,13,14)(H,15,16). The number of hydrogen-bond acceptors (Lipinski definition) is 3. The molecule has 0 fully saturated rings. The summed E-state index contributed by atoms with van der Waals surface area (Å²) in [6, 6.07) is 6.51. The van der Waals surface area contributed by atoms with Crippen LogP contribution in [0.2, 0.25) is 0 Å². The zero-order chi connectivity index (χ0) is 12.1. The normalized spacial score (nSPS) is 11.8. The van der Waals surface area contributed by atoms with E-state index >= 15 is 0 Å². The third-order valence-electron chi connectivity index (χ3n) is 2.14.